The summed E-state index contributed by atoms with van der Waals surface area (Å²) in [5.74, 6) is -2.00. The van der Waals surface area contributed by atoms with Crippen LogP contribution in [0, 0.1) is 23.2 Å². The molecule has 11 unspecified atom stereocenters. The number of hydrogen-bond donors (Lipinski definition) is 15. The zero-order chi connectivity index (χ0) is 79.9. The highest BCUT2D eigenvalue weighted by Gasteiger charge is 2.47. The van der Waals surface area contributed by atoms with Crippen LogP contribution in [0.5, 0.6) is 0 Å². The minimum Gasteiger partial charge on any atom is -0.396 e. The maximum atomic E-state index is 13.5. The number of methoxy groups -OCH3 is 1. The number of nitrogens with one attached hydrogen (secondary N) is 1. The Morgan fingerprint density at radius 2 is 0.694 bits per heavy atom. The van der Waals surface area contributed by atoms with Gasteiger partial charge in [-0.3, -0.25) is 41.0 Å². The van der Waals surface area contributed by atoms with Crippen molar-refractivity contribution < 1.29 is 187 Å². The van der Waals surface area contributed by atoms with Gasteiger partial charge in [0.2, 0.25) is 5.91 Å². The number of carbonyl (C=O) groups is 1. The third-order valence-corrected chi connectivity index (χ3v) is 21.3. The second kappa shape index (κ2) is 57.2. The Kier molecular flexibility index (Phi) is 53.6. The number of aliphatic hydroxyl groups is 10. The third-order valence-electron chi connectivity index (χ3n) is 17.3. The largest absolute Gasteiger partial charge is 0.472 e. The van der Waals surface area contributed by atoms with Gasteiger partial charge in [-0.2, -0.15) is 0 Å². The Balaban J connectivity index is 1.60. The van der Waals surface area contributed by atoms with E-state index in [9.17, 15) is 93.7 Å². The fraction of sp³-hybridized carbons (Fsp3) is 0.984. The van der Waals surface area contributed by atoms with E-state index in [4.69, 9.17) is 93.0 Å². The van der Waals surface area contributed by atoms with E-state index in [1.807, 2.05) is 0 Å². The molecule has 0 aromatic heterocycles. The molecule has 20 atom stereocenters. The van der Waals surface area contributed by atoms with E-state index < -0.39 is 173 Å². The molecular formula is C64H127NO39P4. The van der Waals surface area contributed by atoms with Crippen molar-refractivity contribution in [2.24, 2.45) is 23.2 Å². The zero-order valence-corrected chi connectivity index (χ0v) is 66.3. The number of hydrogen-bond acceptors (Lipinski definition) is 35. The van der Waals surface area contributed by atoms with E-state index in [-0.39, 0.29) is 145 Å². The van der Waals surface area contributed by atoms with Crippen LogP contribution in [0.15, 0.2) is 0 Å². The first-order valence-electron chi connectivity index (χ1n) is 36.9. The van der Waals surface area contributed by atoms with Gasteiger partial charge >= 0.3 is 31.3 Å². The second-order valence-corrected chi connectivity index (χ2v) is 32.5. The minimum absolute atomic E-state index is 0.00323. The third kappa shape index (κ3) is 42.8. The number of rotatable bonds is 68. The summed E-state index contributed by atoms with van der Waals surface area (Å²) in [5.41, 5.74) is -1.50. The first-order chi connectivity index (χ1) is 51.5. The van der Waals surface area contributed by atoms with Gasteiger partial charge in [-0.25, -0.2) is 18.3 Å². The van der Waals surface area contributed by atoms with E-state index in [0.29, 0.717) is 96.7 Å². The number of ether oxygens (including phenoxy) is 12. The monoisotopic (exact) mass is 1660 g/mol. The van der Waals surface area contributed by atoms with Gasteiger partial charge in [0.15, 0.2) is 18.9 Å². The Morgan fingerprint density at radius 1 is 0.380 bits per heavy atom. The summed E-state index contributed by atoms with van der Waals surface area (Å²) in [6.07, 6.45) is -6.74. The first-order valence-corrected chi connectivity index (χ1v) is 42.9. The van der Waals surface area contributed by atoms with Gasteiger partial charge in [-0.15, -0.1) is 0 Å². The van der Waals surface area contributed by atoms with Gasteiger partial charge in [0, 0.05) is 84.6 Å². The molecule has 3 fully saturated rings. The molecule has 0 radical (unpaired) electrons. The molecule has 108 heavy (non-hydrogen) atoms. The predicted octanol–water partition coefficient (Wildman–Crippen LogP) is 1.23. The van der Waals surface area contributed by atoms with E-state index in [2.05, 4.69) is 5.32 Å². The average Bonchev–Trinajstić information content (AvgIpc) is 0.824. The van der Waals surface area contributed by atoms with Gasteiger partial charge in [-0.05, 0) is 64.2 Å². The number of phosphoric ester groups is 4. The summed E-state index contributed by atoms with van der Waals surface area (Å²) in [6.45, 7) is 0.216. The molecule has 3 aliphatic rings. The number of aliphatic hydroxyl groups excluding tert-OH is 10. The Morgan fingerprint density at radius 3 is 1.06 bits per heavy atom. The molecule has 0 aromatic rings. The van der Waals surface area contributed by atoms with Crippen LogP contribution in [0.1, 0.15) is 124 Å². The highest BCUT2D eigenvalue weighted by atomic mass is 31.2. The van der Waals surface area contributed by atoms with Crippen molar-refractivity contribution in [1.29, 1.82) is 0 Å². The van der Waals surface area contributed by atoms with Crippen molar-refractivity contribution in [2.45, 2.75) is 203 Å². The summed E-state index contributed by atoms with van der Waals surface area (Å²) in [7, 11) is -17.0. The highest BCUT2D eigenvalue weighted by Crippen LogP contribution is 2.47. The normalized spacial score (nSPS) is 28.0. The Hall–Kier alpha value is -0.970. The van der Waals surface area contributed by atoms with E-state index in [1.165, 1.54) is 6.92 Å². The van der Waals surface area contributed by atoms with E-state index in [1.54, 1.807) is 21.0 Å². The summed E-state index contributed by atoms with van der Waals surface area (Å²) in [4.78, 5) is 54.0. The number of unbranched alkanes of at least 4 members (excludes halogenated alkanes) is 9. The maximum absolute atomic E-state index is 13.5. The fourth-order valence-corrected chi connectivity index (χ4v) is 14.1. The molecule has 3 rings (SSSR count). The van der Waals surface area contributed by atoms with Crippen LogP contribution in [0.4, 0.5) is 0 Å². The smallest absolute Gasteiger partial charge is 0.396 e. The lowest BCUT2D eigenvalue weighted by molar-refractivity contribution is -0.282. The first kappa shape index (κ1) is 101. The molecule has 0 aliphatic carbocycles. The van der Waals surface area contributed by atoms with E-state index >= 15 is 0 Å². The second-order valence-electron chi connectivity index (χ2n) is 26.7. The fourth-order valence-electron chi connectivity index (χ4n) is 10.9. The van der Waals surface area contributed by atoms with Crippen LogP contribution in [0.3, 0.4) is 0 Å². The lowest BCUT2D eigenvalue weighted by atomic mass is 9.92. The summed E-state index contributed by atoms with van der Waals surface area (Å²) >= 11 is 0. The van der Waals surface area contributed by atoms with Gasteiger partial charge in [-0.1, -0.05) is 52.4 Å². The van der Waals surface area contributed by atoms with Crippen molar-refractivity contribution in [3.8, 4) is 0 Å². The highest BCUT2D eigenvalue weighted by molar-refractivity contribution is 7.48. The van der Waals surface area contributed by atoms with Crippen LogP contribution in [-0.2, 0) is 116 Å². The van der Waals surface area contributed by atoms with Crippen LogP contribution in [0.25, 0.3) is 0 Å². The van der Waals surface area contributed by atoms with Crippen LogP contribution >= 0.6 is 31.3 Å². The van der Waals surface area contributed by atoms with Gasteiger partial charge in [0.1, 0.15) is 48.8 Å². The molecule has 0 aromatic carbocycles. The van der Waals surface area contributed by atoms with Crippen LogP contribution in [-0.4, -0.2) is 335 Å². The molecule has 40 nitrogen and oxygen atoms in total. The maximum Gasteiger partial charge on any atom is 0.472 e. The molecule has 3 heterocycles. The Labute approximate surface area is 632 Å². The minimum atomic E-state index is -4.92. The molecule has 3 aliphatic heterocycles. The van der Waals surface area contributed by atoms with Gasteiger partial charge in [0.25, 0.3) is 0 Å². The molecule has 1 amide bonds. The molecule has 44 heteroatoms. The SMILES string of the molecule is COCCCOCC(CO)COCCOP(=O)(O)OCC(COCCCOP(=O)(O)OCCCCCCO[C@@H]1OC(CO)[C@H](O)[C@H](O)C1C)(COCCCOP(=O)(O)OCCCCCCO[C@@H]1OC(CO)[C@H](O)[C@H](O)C1C)COCCCOP(=O)(O)OCCCCCCO[C@@H]1OC(CO)[C@H](O)[C@H](O)C1NC(C)=O. The topological polar surface area (TPSA) is 565 Å². The van der Waals surface area contributed by atoms with E-state index in [0.717, 1.165) is 0 Å². The van der Waals surface area contributed by atoms with Crippen LogP contribution in [0.2, 0.25) is 0 Å². The molecule has 0 saturated carbocycles. The van der Waals surface area contributed by atoms with Crippen molar-refractivity contribution in [2.75, 3.05) is 179 Å². The van der Waals surface area contributed by atoms with Gasteiger partial charge in [0.05, 0.1) is 137 Å². The quantitative estimate of drug-likeness (QED) is 0.0301. The summed E-state index contributed by atoms with van der Waals surface area (Å²) in [6, 6.07) is -1.10. The number of phosphoric acid groups is 4. The molecule has 642 valence electrons. The lowest BCUT2D eigenvalue weighted by Crippen LogP contribution is -2.64. The Bertz CT molecular complexity index is 2410. The van der Waals surface area contributed by atoms with Gasteiger partial charge < -0.3 is 133 Å². The summed E-state index contributed by atoms with van der Waals surface area (Å²) in [5, 5.41) is 102. The molecule has 15 N–H and O–H groups in total. The van der Waals surface area contributed by atoms with Crippen LogP contribution < -0.4 is 5.32 Å². The zero-order valence-electron chi connectivity index (χ0n) is 62.7. The average molecular weight is 1660 g/mol. The number of amides is 1. The lowest BCUT2D eigenvalue weighted by Gasteiger charge is -2.42. The standard InChI is InChI=1S/C64H127NO39P4/c1-47-55(71)57(73)51(38-67)102-61(47)91-26-11-5-8-14-29-94-105(77,78)97-32-18-23-88-43-64(46-101-108(83,84)100-36-35-87-42-50(37-66)41-86-22-17-21-85-4,44-89-24-19-33-98-106(79,80)95-30-15-9-6-12-27-92-62-48(2)56(72)58(74)52(39-68)103-62)45-90-25-20-34-99-107(81,82)96-31-16-10-7-13-28-93-63-54(65-49(3)70)60(76)59(75)53(40-69)104-63/h47-48,50-63,66-69,71-76H,5-46H2,1-4H3,(H,65,70)(H,77,78)(H,79,80)(H,81,82)(H,83,84)/t47?,48?,50?,51?,52?,53?,54?,55-,56-,57+,58+,59+,60-,61-,62-,63-,64?/m1/s1. The number of carbonyl (C=O) groups excluding carboxylic acids is 1. The van der Waals surface area contributed by atoms with Crippen molar-refractivity contribution in [3.05, 3.63) is 0 Å². The predicted molar refractivity (Wildman–Crippen MR) is 377 cm³/mol. The van der Waals surface area contributed by atoms with Crippen molar-refractivity contribution >= 4 is 37.2 Å². The summed E-state index contributed by atoms with van der Waals surface area (Å²) < 4.78 is 162. The van der Waals surface area contributed by atoms with Crippen molar-refractivity contribution in [3.63, 3.8) is 0 Å². The van der Waals surface area contributed by atoms with Crippen molar-refractivity contribution in [1.82, 2.24) is 5.32 Å². The molecule has 3 saturated heterocycles. The molecule has 0 bridgehead atoms. The molecule has 0 spiro atoms. The molecular weight excluding hydrogens is 1530 g/mol.